The average molecular weight is 396 g/mol. The molecule has 2 aromatic rings. The van der Waals surface area contributed by atoms with Gasteiger partial charge in [-0.3, -0.25) is 5.84 Å². The second-order valence-corrected chi connectivity index (χ2v) is 6.72. The number of hydrazine groups is 1. The number of halogens is 2. The molecule has 2 nitrogen and oxygen atoms in total. The largest absolute Gasteiger partial charge is 0.271 e. The van der Waals surface area contributed by atoms with E-state index >= 15 is 0 Å². The highest BCUT2D eigenvalue weighted by molar-refractivity contribution is 14.1. The molecule has 3 N–H and O–H groups in total. The van der Waals surface area contributed by atoms with E-state index in [9.17, 15) is 4.39 Å². The van der Waals surface area contributed by atoms with E-state index in [1.807, 2.05) is 0 Å². The molecule has 110 valence electrons. The molecule has 3 rings (SSSR count). The van der Waals surface area contributed by atoms with Gasteiger partial charge in [0.2, 0.25) is 0 Å². The minimum atomic E-state index is -0.223. The Kier molecular flexibility index (Phi) is 4.57. The lowest BCUT2D eigenvalue weighted by Gasteiger charge is -2.26. The highest BCUT2D eigenvalue weighted by atomic mass is 127. The normalized spacial score (nSPS) is 16.5. The van der Waals surface area contributed by atoms with Crippen molar-refractivity contribution in [2.75, 3.05) is 0 Å². The van der Waals surface area contributed by atoms with Crippen LogP contribution in [-0.2, 0) is 0 Å². The molecule has 0 radical (unpaired) electrons. The van der Waals surface area contributed by atoms with Crippen molar-refractivity contribution in [1.82, 2.24) is 5.43 Å². The maximum atomic E-state index is 13.2. The smallest absolute Gasteiger partial charge is 0.124 e. The van der Waals surface area contributed by atoms with Crippen LogP contribution in [0.2, 0.25) is 0 Å². The standard InChI is InChI=1S/C17H18FIN2/c18-14-8-9-15(16(19)10-14)17(21-20)13-6-4-12(5-7-13)11-2-1-3-11/h4-11,17,21H,1-3,20H2. The predicted octanol–water partition coefficient (Wildman–Crippen LogP) is 4.25. The summed E-state index contributed by atoms with van der Waals surface area (Å²) in [5.74, 6) is 6.24. The summed E-state index contributed by atoms with van der Waals surface area (Å²) >= 11 is 2.15. The molecule has 1 aliphatic carbocycles. The molecule has 1 atom stereocenters. The predicted molar refractivity (Wildman–Crippen MR) is 91.3 cm³/mol. The van der Waals surface area contributed by atoms with Crippen LogP contribution < -0.4 is 11.3 Å². The lowest BCUT2D eigenvalue weighted by molar-refractivity contribution is 0.419. The molecule has 0 amide bonds. The Balaban J connectivity index is 1.88. The Morgan fingerprint density at radius 3 is 2.38 bits per heavy atom. The zero-order valence-electron chi connectivity index (χ0n) is 11.7. The zero-order chi connectivity index (χ0) is 14.8. The van der Waals surface area contributed by atoms with Crippen molar-refractivity contribution >= 4 is 22.6 Å². The van der Waals surface area contributed by atoms with Crippen LogP contribution in [0, 0.1) is 9.39 Å². The van der Waals surface area contributed by atoms with Gasteiger partial charge in [-0.1, -0.05) is 36.8 Å². The first-order chi connectivity index (χ1) is 10.2. The monoisotopic (exact) mass is 396 g/mol. The maximum Gasteiger partial charge on any atom is 0.124 e. The van der Waals surface area contributed by atoms with Gasteiger partial charge in [0.1, 0.15) is 5.82 Å². The summed E-state index contributed by atoms with van der Waals surface area (Å²) in [5, 5.41) is 0. The van der Waals surface area contributed by atoms with Gasteiger partial charge in [0, 0.05) is 3.57 Å². The van der Waals surface area contributed by atoms with Crippen molar-refractivity contribution in [2.45, 2.75) is 31.2 Å². The van der Waals surface area contributed by atoms with Crippen LogP contribution in [0.15, 0.2) is 42.5 Å². The summed E-state index contributed by atoms with van der Waals surface area (Å²) < 4.78 is 14.1. The summed E-state index contributed by atoms with van der Waals surface area (Å²) in [6.07, 6.45) is 3.94. The minimum absolute atomic E-state index is 0.118. The van der Waals surface area contributed by atoms with Crippen molar-refractivity contribution in [3.05, 3.63) is 68.5 Å². The van der Waals surface area contributed by atoms with E-state index in [1.54, 1.807) is 6.07 Å². The number of nitrogens with one attached hydrogen (secondary N) is 1. The van der Waals surface area contributed by atoms with Gasteiger partial charge in [0.25, 0.3) is 0 Å². The molecule has 0 bridgehead atoms. The Bertz CT molecular complexity index is 623. The van der Waals surface area contributed by atoms with E-state index in [-0.39, 0.29) is 11.9 Å². The van der Waals surface area contributed by atoms with Gasteiger partial charge in [-0.25, -0.2) is 9.82 Å². The van der Waals surface area contributed by atoms with Gasteiger partial charge >= 0.3 is 0 Å². The first-order valence-electron chi connectivity index (χ1n) is 7.20. The summed E-state index contributed by atoms with van der Waals surface area (Å²) in [6.45, 7) is 0. The van der Waals surface area contributed by atoms with E-state index in [2.05, 4.69) is 52.3 Å². The molecule has 1 fully saturated rings. The third-order valence-corrected chi connectivity index (χ3v) is 5.22. The van der Waals surface area contributed by atoms with Gasteiger partial charge in [-0.15, -0.1) is 0 Å². The van der Waals surface area contributed by atoms with Gasteiger partial charge in [-0.05, 0) is 70.2 Å². The summed E-state index contributed by atoms with van der Waals surface area (Å²) in [6, 6.07) is 13.3. The van der Waals surface area contributed by atoms with Gasteiger partial charge in [0.15, 0.2) is 0 Å². The molecule has 0 heterocycles. The van der Waals surface area contributed by atoms with Crippen molar-refractivity contribution in [3.63, 3.8) is 0 Å². The van der Waals surface area contributed by atoms with Crippen LogP contribution in [0.1, 0.15) is 47.9 Å². The van der Waals surface area contributed by atoms with E-state index in [4.69, 9.17) is 5.84 Å². The number of benzene rings is 2. The maximum absolute atomic E-state index is 13.2. The number of nitrogens with two attached hydrogens (primary N) is 1. The van der Waals surface area contributed by atoms with Crippen molar-refractivity contribution in [3.8, 4) is 0 Å². The molecule has 1 unspecified atom stereocenters. The van der Waals surface area contributed by atoms with Gasteiger partial charge in [0.05, 0.1) is 6.04 Å². The van der Waals surface area contributed by atoms with E-state index in [1.165, 1.54) is 37.0 Å². The average Bonchev–Trinajstić information content (AvgIpc) is 2.42. The fraction of sp³-hybridized carbons (Fsp3) is 0.294. The lowest BCUT2D eigenvalue weighted by atomic mass is 9.79. The Morgan fingerprint density at radius 2 is 1.86 bits per heavy atom. The quantitative estimate of drug-likeness (QED) is 0.461. The Morgan fingerprint density at radius 1 is 1.14 bits per heavy atom. The third-order valence-electron chi connectivity index (χ3n) is 4.29. The SMILES string of the molecule is NNC(c1ccc(C2CCC2)cc1)c1ccc(F)cc1I. The van der Waals surface area contributed by atoms with Crippen LogP contribution in [-0.4, -0.2) is 0 Å². The lowest BCUT2D eigenvalue weighted by Crippen LogP contribution is -2.29. The Hall–Kier alpha value is -0.980. The minimum Gasteiger partial charge on any atom is -0.271 e. The van der Waals surface area contributed by atoms with Crippen LogP contribution in [0.5, 0.6) is 0 Å². The highest BCUT2D eigenvalue weighted by Gasteiger charge is 2.20. The fourth-order valence-electron chi connectivity index (χ4n) is 2.80. The summed E-state index contributed by atoms with van der Waals surface area (Å²) in [7, 11) is 0. The number of hydrogen-bond acceptors (Lipinski definition) is 2. The third kappa shape index (κ3) is 3.12. The fourth-order valence-corrected chi connectivity index (χ4v) is 3.59. The molecule has 0 aliphatic heterocycles. The topological polar surface area (TPSA) is 38.0 Å². The molecule has 4 heteroatoms. The second kappa shape index (κ2) is 6.42. The van der Waals surface area contributed by atoms with Crippen LogP contribution in [0.4, 0.5) is 4.39 Å². The first kappa shape index (κ1) is 14.9. The molecular weight excluding hydrogens is 378 g/mol. The van der Waals surface area contributed by atoms with Crippen molar-refractivity contribution in [2.24, 2.45) is 5.84 Å². The first-order valence-corrected chi connectivity index (χ1v) is 8.28. The molecule has 0 aromatic heterocycles. The van der Waals surface area contributed by atoms with Crippen molar-refractivity contribution in [1.29, 1.82) is 0 Å². The van der Waals surface area contributed by atoms with Gasteiger partial charge in [-0.2, -0.15) is 0 Å². The van der Waals surface area contributed by atoms with Crippen LogP contribution in [0.3, 0.4) is 0 Å². The highest BCUT2D eigenvalue weighted by Crippen LogP contribution is 2.37. The molecule has 21 heavy (non-hydrogen) atoms. The van der Waals surface area contributed by atoms with Crippen LogP contribution >= 0.6 is 22.6 Å². The van der Waals surface area contributed by atoms with E-state index in [0.717, 1.165) is 20.6 Å². The number of hydrogen-bond donors (Lipinski definition) is 2. The van der Waals surface area contributed by atoms with Gasteiger partial charge < -0.3 is 0 Å². The Labute approximate surface area is 138 Å². The van der Waals surface area contributed by atoms with E-state index < -0.39 is 0 Å². The molecular formula is C17H18FIN2. The zero-order valence-corrected chi connectivity index (χ0v) is 13.8. The molecule has 2 aromatic carbocycles. The summed E-state index contributed by atoms with van der Waals surface area (Å²) in [4.78, 5) is 0. The molecule has 0 saturated heterocycles. The molecule has 0 spiro atoms. The number of rotatable bonds is 4. The van der Waals surface area contributed by atoms with Crippen molar-refractivity contribution < 1.29 is 4.39 Å². The second-order valence-electron chi connectivity index (χ2n) is 5.56. The summed E-state index contributed by atoms with van der Waals surface area (Å²) in [5.41, 5.74) is 6.35. The molecule has 1 saturated carbocycles. The molecule has 1 aliphatic rings. The van der Waals surface area contributed by atoms with Crippen LogP contribution in [0.25, 0.3) is 0 Å². The van der Waals surface area contributed by atoms with E-state index in [0.29, 0.717) is 0 Å².